The summed E-state index contributed by atoms with van der Waals surface area (Å²) in [5.41, 5.74) is 0.800. The van der Waals surface area contributed by atoms with Gasteiger partial charge in [-0.25, -0.2) is 0 Å². The van der Waals surface area contributed by atoms with Crippen molar-refractivity contribution in [3.63, 3.8) is 0 Å². The number of halogens is 1. The Labute approximate surface area is 103 Å². The Morgan fingerprint density at radius 2 is 2.25 bits per heavy atom. The Morgan fingerprint density at radius 3 is 2.75 bits per heavy atom. The van der Waals surface area contributed by atoms with Crippen molar-refractivity contribution in [3.05, 3.63) is 34.3 Å². The van der Waals surface area contributed by atoms with Crippen LogP contribution in [0.2, 0.25) is 0 Å². The number of nitriles is 1. The third-order valence-corrected chi connectivity index (χ3v) is 3.60. The molecule has 1 saturated carbocycles. The summed E-state index contributed by atoms with van der Waals surface area (Å²) < 4.78 is 0.909. The number of rotatable bonds is 3. The number of hydrogen-bond acceptors (Lipinski definition) is 2. The fourth-order valence-electron chi connectivity index (χ4n) is 1.92. The molecule has 0 bridgehead atoms. The molecule has 1 unspecified atom stereocenters. The average molecular weight is 278 g/mol. The number of carbonyl (C=O) groups excluding carboxylic acids is 1. The van der Waals surface area contributed by atoms with E-state index in [0.29, 0.717) is 0 Å². The molecule has 1 aromatic rings. The van der Waals surface area contributed by atoms with E-state index >= 15 is 0 Å². The third-order valence-electron chi connectivity index (χ3n) is 3.10. The molecule has 0 spiro atoms. The molecule has 2 nitrogen and oxygen atoms in total. The second kappa shape index (κ2) is 4.80. The van der Waals surface area contributed by atoms with Crippen LogP contribution in [0.25, 0.3) is 0 Å². The summed E-state index contributed by atoms with van der Waals surface area (Å²) in [5, 5.41) is 9.12. The molecule has 2 rings (SSSR count). The number of nitrogens with zero attached hydrogens (tertiary/aromatic N) is 1. The van der Waals surface area contributed by atoms with Crippen LogP contribution in [0.5, 0.6) is 0 Å². The Hall–Kier alpha value is -1.14. The quantitative estimate of drug-likeness (QED) is 0.849. The molecule has 16 heavy (non-hydrogen) atoms. The van der Waals surface area contributed by atoms with E-state index in [0.717, 1.165) is 29.3 Å². The first-order chi connectivity index (χ1) is 7.72. The van der Waals surface area contributed by atoms with Gasteiger partial charge in [0.1, 0.15) is 5.92 Å². The maximum atomic E-state index is 12.0. The minimum atomic E-state index is -0.595. The van der Waals surface area contributed by atoms with Gasteiger partial charge < -0.3 is 0 Å². The van der Waals surface area contributed by atoms with Crippen LogP contribution in [0.3, 0.4) is 0 Å². The minimum absolute atomic E-state index is 0.0897. The van der Waals surface area contributed by atoms with Crippen molar-refractivity contribution in [2.75, 3.05) is 0 Å². The van der Waals surface area contributed by atoms with Gasteiger partial charge in [0.2, 0.25) is 0 Å². The highest BCUT2D eigenvalue weighted by atomic mass is 79.9. The second-order valence-corrected chi connectivity index (χ2v) is 5.06. The molecule has 0 aliphatic heterocycles. The summed E-state index contributed by atoms with van der Waals surface area (Å²) in [7, 11) is 0. The van der Waals surface area contributed by atoms with Crippen LogP contribution in [0.1, 0.15) is 30.7 Å². The Morgan fingerprint density at radius 1 is 1.50 bits per heavy atom. The van der Waals surface area contributed by atoms with Crippen molar-refractivity contribution >= 4 is 21.7 Å². The normalized spacial score (nSPS) is 17.2. The smallest absolute Gasteiger partial charge is 0.157 e. The highest BCUT2D eigenvalue weighted by Gasteiger charge is 2.32. The molecule has 82 valence electrons. The molecule has 1 fully saturated rings. The first-order valence-corrected chi connectivity index (χ1v) is 6.20. The van der Waals surface area contributed by atoms with Crippen LogP contribution in [-0.2, 0) is 4.79 Å². The minimum Gasteiger partial charge on any atom is -0.298 e. The van der Waals surface area contributed by atoms with Crippen molar-refractivity contribution in [2.45, 2.75) is 25.2 Å². The largest absolute Gasteiger partial charge is 0.298 e. The fraction of sp³-hybridized carbons (Fsp3) is 0.385. The van der Waals surface area contributed by atoms with E-state index in [2.05, 4.69) is 22.0 Å². The van der Waals surface area contributed by atoms with Crippen molar-refractivity contribution in [2.24, 2.45) is 5.92 Å². The molecule has 0 N–H and O–H groups in total. The van der Waals surface area contributed by atoms with E-state index < -0.39 is 5.92 Å². The van der Waals surface area contributed by atoms with E-state index in [-0.39, 0.29) is 11.7 Å². The van der Waals surface area contributed by atoms with Crippen molar-refractivity contribution in [3.8, 4) is 6.07 Å². The summed E-state index contributed by atoms with van der Waals surface area (Å²) in [6, 6.07) is 9.57. The summed E-state index contributed by atoms with van der Waals surface area (Å²) in [6.07, 6.45) is 3.02. The first-order valence-electron chi connectivity index (χ1n) is 5.41. The van der Waals surface area contributed by atoms with Crippen molar-refractivity contribution < 1.29 is 4.79 Å². The van der Waals surface area contributed by atoms with Crippen LogP contribution in [0, 0.1) is 17.2 Å². The highest BCUT2D eigenvalue weighted by Crippen LogP contribution is 2.33. The number of Topliss-reactive ketones (excluding diaryl/α,β-unsaturated/α-hetero) is 1. The molecule has 3 heteroatoms. The maximum Gasteiger partial charge on any atom is 0.157 e. The molecule has 1 aliphatic carbocycles. The van der Waals surface area contributed by atoms with Gasteiger partial charge in [-0.05, 0) is 30.5 Å². The zero-order chi connectivity index (χ0) is 11.5. The van der Waals surface area contributed by atoms with Gasteiger partial charge in [-0.1, -0.05) is 34.5 Å². The molecule has 0 heterocycles. The van der Waals surface area contributed by atoms with Gasteiger partial charge >= 0.3 is 0 Å². The molecule has 0 radical (unpaired) electrons. The molecule has 1 aromatic carbocycles. The van der Waals surface area contributed by atoms with Crippen LogP contribution >= 0.6 is 15.9 Å². The second-order valence-electron chi connectivity index (χ2n) is 4.15. The number of benzene rings is 1. The lowest BCUT2D eigenvalue weighted by atomic mass is 9.76. The van der Waals surface area contributed by atoms with Crippen LogP contribution < -0.4 is 0 Å². The van der Waals surface area contributed by atoms with E-state index in [1.54, 1.807) is 0 Å². The summed E-state index contributed by atoms with van der Waals surface area (Å²) in [5.74, 6) is -0.390. The van der Waals surface area contributed by atoms with Gasteiger partial charge in [-0.2, -0.15) is 5.26 Å². The van der Waals surface area contributed by atoms with Crippen LogP contribution in [0.4, 0.5) is 0 Å². The van der Waals surface area contributed by atoms with Crippen molar-refractivity contribution in [1.29, 1.82) is 5.26 Å². The van der Waals surface area contributed by atoms with E-state index in [1.807, 2.05) is 24.3 Å². The summed E-state index contributed by atoms with van der Waals surface area (Å²) in [6.45, 7) is 0. The lowest BCUT2D eigenvalue weighted by molar-refractivity contribution is -0.125. The maximum absolute atomic E-state index is 12.0. The summed E-state index contributed by atoms with van der Waals surface area (Å²) in [4.78, 5) is 12.0. The molecule has 1 atom stereocenters. The van der Waals surface area contributed by atoms with E-state index in [9.17, 15) is 4.79 Å². The van der Waals surface area contributed by atoms with Gasteiger partial charge in [0.05, 0.1) is 6.07 Å². The molecule has 1 aliphatic rings. The zero-order valence-corrected chi connectivity index (χ0v) is 10.4. The Kier molecular flexibility index (Phi) is 3.40. The Balaban J connectivity index is 2.22. The number of ketones is 1. The summed E-state index contributed by atoms with van der Waals surface area (Å²) >= 11 is 3.36. The van der Waals surface area contributed by atoms with Crippen LogP contribution in [0.15, 0.2) is 28.7 Å². The third kappa shape index (κ3) is 2.17. The molecule has 0 aromatic heterocycles. The van der Waals surface area contributed by atoms with Gasteiger partial charge in [-0.3, -0.25) is 4.79 Å². The van der Waals surface area contributed by atoms with E-state index in [1.165, 1.54) is 0 Å². The lowest BCUT2D eigenvalue weighted by Gasteiger charge is -2.25. The molecular weight excluding hydrogens is 266 g/mol. The zero-order valence-electron chi connectivity index (χ0n) is 8.82. The molecule has 0 saturated heterocycles. The lowest BCUT2D eigenvalue weighted by Crippen LogP contribution is -2.26. The average Bonchev–Trinajstić information content (AvgIpc) is 2.16. The van der Waals surface area contributed by atoms with Gasteiger partial charge in [-0.15, -0.1) is 0 Å². The van der Waals surface area contributed by atoms with Crippen molar-refractivity contribution in [1.82, 2.24) is 0 Å². The van der Waals surface area contributed by atoms with Gasteiger partial charge in [0.25, 0.3) is 0 Å². The van der Waals surface area contributed by atoms with Crippen LogP contribution in [-0.4, -0.2) is 5.78 Å². The highest BCUT2D eigenvalue weighted by molar-refractivity contribution is 9.10. The van der Waals surface area contributed by atoms with E-state index in [4.69, 9.17) is 5.26 Å². The SMILES string of the molecule is N#CC(C(=O)C1CCC1)c1cccc(Br)c1. The predicted molar refractivity (Wildman–Crippen MR) is 64.8 cm³/mol. The monoisotopic (exact) mass is 277 g/mol. The molecular formula is C13H12BrNO. The Bertz CT molecular complexity index is 445. The molecule has 0 amide bonds. The fourth-order valence-corrected chi connectivity index (χ4v) is 2.33. The standard InChI is InChI=1S/C13H12BrNO/c14-11-6-2-5-10(7-11)12(8-15)13(16)9-3-1-4-9/h2,5-7,9,12H,1,3-4H2. The van der Waals surface area contributed by atoms with Gasteiger partial charge in [0, 0.05) is 10.4 Å². The first kappa shape index (κ1) is 11.3. The topological polar surface area (TPSA) is 40.9 Å². The van der Waals surface area contributed by atoms with Gasteiger partial charge in [0.15, 0.2) is 5.78 Å². The number of hydrogen-bond donors (Lipinski definition) is 0. The predicted octanol–water partition coefficient (Wildman–Crippen LogP) is 3.43. The number of carbonyl (C=O) groups is 1.